The average molecular weight is 268 g/mol. The summed E-state index contributed by atoms with van der Waals surface area (Å²) < 4.78 is 0. The second-order valence-corrected chi connectivity index (χ2v) is 4.80. The molecule has 0 spiro atoms. The summed E-state index contributed by atoms with van der Waals surface area (Å²) in [4.78, 5) is 12.6. The average Bonchev–Trinajstić information content (AvgIpc) is 2.30. The lowest BCUT2D eigenvalue weighted by molar-refractivity contribution is -0.383. The van der Waals surface area contributed by atoms with Gasteiger partial charge in [0.05, 0.1) is 9.95 Å². The lowest BCUT2D eigenvalue weighted by Gasteiger charge is -2.22. The van der Waals surface area contributed by atoms with E-state index < -0.39 is 4.92 Å². The zero-order chi connectivity index (χ0) is 13.3. The van der Waals surface area contributed by atoms with Crippen LogP contribution in [-0.4, -0.2) is 30.0 Å². The van der Waals surface area contributed by atoms with Crippen molar-refractivity contribution >= 4 is 28.5 Å². The first-order chi connectivity index (χ1) is 8.49. The van der Waals surface area contributed by atoms with Gasteiger partial charge in [-0.2, -0.15) is 0 Å². The third-order valence-electron chi connectivity index (χ3n) is 3.07. The van der Waals surface area contributed by atoms with Crippen molar-refractivity contribution in [2.45, 2.75) is 6.42 Å². The highest BCUT2D eigenvalue weighted by atomic mass is 35.5. The van der Waals surface area contributed by atoms with E-state index in [1.165, 1.54) is 12.1 Å². The van der Waals surface area contributed by atoms with Gasteiger partial charge in [-0.25, -0.2) is 0 Å². The lowest BCUT2D eigenvalue weighted by atomic mass is 9.98. The van der Waals surface area contributed by atoms with Crippen molar-refractivity contribution in [3.8, 4) is 0 Å². The van der Waals surface area contributed by atoms with E-state index in [0.717, 1.165) is 25.1 Å². The fourth-order valence-electron chi connectivity index (χ4n) is 2.00. The number of nitro benzene ring substituents is 1. The maximum Gasteiger partial charge on any atom is 0.292 e. The molecular formula is C12H14ClN3O2. The highest BCUT2D eigenvalue weighted by Gasteiger charge is 2.19. The SMILES string of the molecule is CN1CC=C(c2cc([N+](=O)[O-])c(N)cc2Cl)CC1. The molecule has 18 heavy (non-hydrogen) atoms. The van der Waals surface area contributed by atoms with Crippen LogP contribution in [0.2, 0.25) is 5.02 Å². The second kappa shape index (κ2) is 4.96. The summed E-state index contributed by atoms with van der Waals surface area (Å²) in [5.74, 6) is 0. The molecule has 0 saturated heterocycles. The maximum absolute atomic E-state index is 10.9. The monoisotopic (exact) mass is 267 g/mol. The molecule has 1 aromatic rings. The summed E-state index contributed by atoms with van der Waals surface area (Å²) >= 11 is 6.12. The van der Waals surface area contributed by atoms with E-state index in [1.54, 1.807) is 0 Å². The van der Waals surface area contributed by atoms with Crippen LogP contribution in [0.4, 0.5) is 11.4 Å². The van der Waals surface area contributed by atoms with Crippen LogP contribution in [0.15, 0.2) is 18.2 Å². The van der Waals surface area contributed by atoms with Gasteiger partial charge in [-0.15, -0.1) is 0 Å². The number of anilines is 1. The Kier molecular flexibility index (Phi) is 3.54. The zero-order valence-electron chi connectivity index (χ0n) is 10.0. The highest BCUT2D eigenvalue weighted by molar-refractivity contribution is 6.32. The molecule has 0 atom stereocenters. The third kappa shape index (κ3) is 2.47. The van der Waals surface area contributed by atoms with Gasteiger partial charge in [0.15, 0.2) is 0 Å². The third-order valence-corrected chi connectivity index (χ3v) is 3.38. The molecule has 0 radical (unpaired) electrons. The van der Waals surface area contributed by atoms with Gasteiger partial charge < -0.3 is 10.6 Å². The van der Waals surface area contributed by atoms with E-state index in [1.807, 2.05) is 13.1 Å². The minimum atomic E-state index is -0.481. The Balaban J connectivity index is 2.45. The van der Waals surface area contributed by atoms with Gasteiger partial charge in [-0.1, -0.05) is 17.7 Å². The van der Waals surface area contributed by atoms with Gasteiger partial charge in [-0.3, -0.25) is 10.1 Å². The molecule has 6 heteroatoms. The maximum atomic E-state index is 10.9. The van der Waals surface area contributed by atoms with Crippen molar-refractivity contribution in [3.63, 3.8) is 0 Å². The van der Waals surface area contributed by atoms with Crippen LogP contribution >= 0.6 is 11.6 Å². The molecule has 1 aliphatic heterocycles. The summed E-state index contributed by atoms with van der Waals surface area (Å²) in [6.07, 6.45) is 2.88. The fourth-order valence-corrected chi connectivity index (χ4v) is 2.29. The number of nitrogens with zero attached hydrogens (tertiary/aromatic N) is 2. The van der Waals surface area contributed by atoms with Crippen LogP contribution in [0, 0.1) is 10.1 Å². The molecular weight excluding hydrogens is 254 g/mol. The largest absolute Gasteiger partial charge is 0.393 e. The topological polar surface area (TPSA) is 72.4 Å². The molecule has 96 valence electrons. The number of hydrogen-bond donors (Lipinski definition) is 1. The van der Waals surface area contributed by atoms with E-state index in [-0.39, 0.29) is 11.4 Å². The highest BCUT2D eigenvalue weighted by Crippen LogP contribution is 2.35. The smallest absolute Gasteiger partial charge is 0.292 e. The molecule has 0 unspecified atom stereocenters. The van der Waals surface area contributed by atoms with Crippen molar-refractivity contribution in [3.05, 3.63) is 38.9 Å². The Labute approximate surface area is 110 Å². The van der Waals surface area contributed by atoms with Gasteiger partial charge in [0.2, 0.25) is 0 Å². The van der Waals surface area contributed by atoms with E-state index in [9.17, 15) is 10.1 Å². The summed E-state index contributed by atoms with van der Waals surface area (Å²) in [7, 11) is 2.03. The Morgan fingerprint density at radius 1 is 1.50 bits per heavy atom. The molecule has 2 N–H and O–H groups in total. The number of nitrogens with two attached hydrogens (primary N) is 1. The number of halogens is 1. The van der Waals surface area contributed by atoms with E-state index in [4.69, 9.17) is 17.3 Å². The minimum Gasteiger partial charge on any atom is -0.393 e. The zero-order valence-corrected chi connectivity index (χ0v) is 10.8. The van der Waals surface area contributed by atoms with Gasteiger partial charge >= 0.3 is 0 Å². The fraction of sp³-hybridized carbons (Fsp3) is 0.333. The predicted octanol–water partition coefficient (Wildman–Crippen LogP) is 2.55. The van der Waals surface area contributed by atoms with Crippen molar-refractivity contribution in [2.24, 2.45) is 0 Å². The predicted molar refractivity (Wildman–Crippen MR) is 72.6 cm³/mol. The number of nitrogen functional groups attached to an aromatic ring is 1. The molecule has 0 amide bonds. The van der Waals surface area contributed by atoms with Crippen LogP contribution in [0.25, 0.3) is 5.57 Å². The van der Waals surface area contributed by atoms with Crippen LogP contribution in [0.5, 0.6) is 0 Å². The van der Waals surface area contributed by atoms with Crippen molar-refractivity contribution in [1.29, 1.82) is 0 Å². The molecule has 2 rings (SSSR count). The Morgan fingerprint density at radius 2 is 2.22 bits per heavy atom. The van der Waals surface area contributed by atoms with Gasteiger partial charge in [-0.05, 0) is 25.1 Å². The van der Waals surface area contributed by atoms with Crippen molar-refractivity contribution in [1.82, 2.24) is 4.90 Å². The standard InChI is InChI=1S/C12H14ClN3O2/c1-15-4-2-8(3-5-15)9-6-12(16(17)18)11(14)7-10(9)13/h2,6-7H,3-5,14H2,1H3. The summed E-state index contributed by atoms with van der Waals surface area (Å²) in [6, 6.07) is 2.92. The van der Waals surface area contributed by atoms with Crippen LogP contribution < -0.4 is 5.73 Å². The molecule has 5 nitrogen and oxygen atoms in total. The van der Waals surface area contributed by atoms with E-state index in [2.05, 4.69) is 4.90 Å². The first-order valence-corrected chi connectivity index (χ1v) is 5.98. The van der Waals surface area contributed by atoms with E-state index in [0.29, 0.717) is 10.6 Å². The van der Waals surface area contributed by atoms with Crippen LogP contribution in [0.1, 0.15) is 12.0 Å². The van der Waals surface area contributed by atoms with Gasteiger partial charge in [0.25, 0.3) is 5.69 Å². The van der Waals surface area contributed by atoms with Gasteiger partial charge in [0.1, 0.15) is 5.69 Å². The Morgan fingerprint density at radius 3 is 2.78 bits per heavy atom. The summed E-state index contributed by atoms with van der Waals surface area (Å²) in [5.41, 5.74) is 7.36. The van der Waals surface area contributed by atoms with Gasteiger partial charge in [0, 0.05) is 24.7 Å². The number of rotatable bonds is 2. The molecule has 1 heterocycles. The van der Waals surface area contributed by atoms with Crippen LogP contribution in [0.3, 0.4) is 0 Å². The lowest BCUT2D eigenvalue weighted by Crippen LogP contribution is -2.23. The van der Waals surface area contributed by atoms with Crippen molar-refractivity contribution < 1.29 is 4.92 Å². The number of likely N-dealkylation sites (N-methyl/N-ethyl adjacent to an activating group) is 1. The quantitative estimate of drug-likeness (QED) is 0.508. The molecule has 0 bridgehead atoms. The second-order valence-electron chi connectivity index (χ2n) is 4.39. The van der Waals surface area contributed by atoms with Crippen molar-refractivity contribution in [2.75, 3.05) is 25.9 Å². The normalized spacial score (nSPS) is 16.4. The Bertz CT molecular complexity index is 528. The number of nitro groups is 1. The van der Waals surface area contributed by atoms with E-state index >= 15 is 0 Å². The number of hydrogen-bond acceptors (Lipinski definition) is 4. The molecule has 0 aromatic heterocycles. The molecule has 0 aliphatic carbocycles. The number of benzene rings is 1. The minimum absolute atomic E-state index is 0.0887. The summed E-state index contributed by atoms with van der Waals surface area (Å²) in [6.45, 7) is 1.74. The summed E-state index contributed by atoms with van der Waals surface area (Å²) in [5, 5.41) is 11.3. The Hall–Kier alpha value is -1.59. The molecule has 0 fully saturated rings. The van der Waals surface area contributed by atoms with Crippen LogP contribution in [-0.2, 0) is 0 Å². The first-order valence-electron chi connectivity index (χ1n) is 5.60. The molecule has 1 aliphatic rings. The molecule has 1 aromatic carbocycles. The molecule has 0 saturated carbocycles. The first kappa shape index (κ1) is 12.9.